The minimum Gasteiger partial charge on any atom is -0.269 e. The Kier molecular flexibility index (Phi) is 3.79. The fourth-order valence-corrected chi connectivity index (χ4v) is 1.59. The zero-order chi connectivity index (χ0) is 8.97. The fourth-order valence-electron chi connectivity index (χ4n) is 1.18. The molecule has 0 aliphatic rings. The first-order valence-electron chi connectivity index (χ1n) is 4.30. The maximum atomic E-state index is 4.27. The summed E-state index contributed by atoms with van der Waals surface area (Å²) in [7, 11) is 0. The highest BCUT2D eigenvalue weighted by Crippen LogP contribution is 2.05. The molecule has 0 N–H and O–H groups in total. The molecule has 1 aromatic rings. The van der Waals surface area contributed by atoms with Crippen LogP contribution in [0.15, 0.2) is 12.3 Å². The van der Waals surface area contributed by atoms with Gasteiger partial charge in [-0.15, -0.1) is 0 Å². The number of halogens is 1. The van der Waals surface area contributed by atoms with E-state index in [9.17, 15) is 0 Å². The first-order chi connectivity index (χ1) is 5.74. The van der Waals surface area contributed by atoms with Crippen LogP contribution in [-0.4, -0.2) is 15.1 Å². The van der Waals surface area contributed by atoms with Gasteiger partial charge in [0.1, 0.15) is 0 Å². The van der Waals surface area contributed by atoms with Gasteiger partial charge in [-0.3, -0.25) is 4.68 Å². The average molecular weight is 231 g/mol. The molecule has 68 valence electrons. The molecule has 1 heterocycles. The SMILES string of the molecule is CC(C)Cn1nccc1CCBr. The lowest BCUT2D eigenvalue weighted by Crippen LogP contribution is -2.09. The van der Waals surface area contributed by atoms with E-state index < -0.39 is 0 Å². The van der Waals surface area contributed by atoms with Crippen molar-refractivity contribution in [2.24, 2.45) is 5.92 Å². The summed E-state index contributed by atoms with van der Waals surface area (Å²) in [5.41, 5.74) is 1.32. The van der Waals surface area contributed by atoms with Gasteiger partial charge in [-0.2, -0.15) is 5.10 Å². The Labute approximate surface area is 82.1 Å². The highest BCUT2D eigenvalue weighted by atomic mass is 79.9. The maximum Gasteiger partial charge on any atom is 0.0492 e. The van der Waals surface area contributed by atoms with E-state index in [0.29, 0.717) is 5.92 Å². The van der Waals surface area contributed by atoms with Crippen LogP contribution in [0, 0.1) is 5.92 Å². The normalized spacial score (nSPS) is 11.0. The molecule has 0 atom stereocenters. The van der Waals surface area contributed by atoms with E-state index in [1.54, 1.807) is 0 Å². The molecule has 0 aromatic carbocycles. The van der Waals surface area contributed by atoms with Crippen LogP contribution in [0.25, 0.3) is 0 Å². The van der Waals surface area contributed by atoms with Crippen molar-refractivity contribution in [1.82, 2.24) is 9.78 Å². The summed E-state index contributed by atoms with van der Waals surface area (Å²) < 4.78 is 2.09. The van der Waals surface area contributed by atoms with Crippen molar-refractivity contribution in [2.75, 3.05) is 5.33 Å². The quantitative estimate of drug-likeness (QED) is 0.728. The predicted octanol–water partition coefficient (Wildman–Crippen LogP) is 2.48. The van der Waals surface area contributed by atoms with Crippen molar-refractivity contribution < 1.29 is 0 Å². The summed E-state index contributed by atoms with van der Waals surface area (Å²) >= 11 is 3.43. The molecule has 0 aliphatic heterocycles. The molecule has 0 fully saturated rings. The van der Waals surface area contributed by atoms with Gasteiger partial charge in [-0.1, -0.05) is 29.8 Å². The molecule has 1 rings (SSSR count). The Morgan fingerprint density at radius 1 is 1.58 bits per heavy atom. The minimum absolute atomic E-state index is 0.666. The van der Waals surface area contributed by atoms with Crippen LogP contribution < -0.4 is 0 Å². The largest absolute Gasteiger partial charge is 0.269 e. The van der Waals surface area contributed by atoms with Crippen molar-refractivity contribution >= 4 is 15.9 Å². The molecule has 0 unspecified atom stereocenters. The molecule has 0 spiro atoms. The van der Waals surface area contributed by atoms with E-state index in [2.05, 4.69) is 45.6 Å². The van der Waals surface area contributed by atoms with E-state index in [1.807, 2.05) is 6.20 Å². The summed E-state index contributed by atoms with van der Waals surface area (Å²) in [5, 5.41) is 5.28. The molecule has 3 heteroatoms. The number of rotatable bonds is 4. The second-order valence-corrected chi connectivity index (χ2v) is 4.13. The fraction of sp³-hybridized carbons (Fsp3) is 0.667. The van der Waals surface area contributed by atoms with Gasteiger partial charge in [0.2, 0.25) is 0 Å². The minimum atomic E-state index is 0.666. The van der Waals surface area contributed by atoms with E-state index in [-0.39, 0.29) is 0 Å². The van der Waals surface area contributed by atoms with Crippen LogP contribution in [-0.2, 0) is 13.0 Å². The predicted molar refractivity (Wildman–Crippen MR) is 54.6 cm³/mol. The van der Waals surface area contributed by atoms with Gasteiger partial charge < -0.3 is 0 Å². The first-order valence-corrected chi connectivity index (χ1v) is 5.43. The third-order valence-electron chi connectivity index (χ3n) is 1.69. The van der Waals surface area contributed by atoms with E-state index in [4.69, 9.17) is 0 Å². The van der Waals surface area contributed by atoms with Gasteiger partial charge in [-0.25, -0.2) is 0 Å². The highest BCUT2D eigenvalue weighted by molar-refractivity contribution is 9.09. The summed E-state index contributed by atoms with van der Waals surface area (Å²) in [4.78, 5) is 0. The van der Waals surface area contributed by atoms with Crippen LogP contribution in [0.3, 0.4) is 0 Å². The lowest BCUT2D eigenvalue weighted by atomic mass is 10.2. The number of hydrogen-bond donors (Lipinski definition) is 0. The van der Waals surface area contributed by atoms with Gasteiger partial charge >= 0.3 is 0 Å². The molecule has 0 aliphatic carbocycles. The highest BCUT2D eigenvalue weighted by Gasteiger charge is 2.02. The lowest BCUT2D eigenvalue weighted by Gasteiger charge is -2.08. The third kappa shape index (κ3) is 2.63. The molecule has 1 aromatic heterocycles. The van der Waals surface area contributed by atoms with Crippen LogP contribution in [0.1, 0.15) is 19.5 Å². The molecule has 0 saturated heterocycles. The zero-order valence-corrected chi connectivity index (χ0v) is 9.21. The number of alkyl halides is 1. The molecule has 0 radical (unpaired) electrons. The van der Waals surface area contributed by atoms with Crippen molar-refractivity contribution in [3.05, 3.63) is 18.0 Å². The molecule has 12 heavy (non-hydrogen) atoms. The summed E-state index contributed by atoms with van der Waals surface area (Å²) in [6, 6.07) is 2.09. The standard InChI is InChI=1S/C9H15BrN2/c1-8(2)7-12-9(3-5-10)4-6-11-12/h4,6,8H,3,5,7H2,1-2H3. The Morgan fingerprint density at radius 3 is 2.92 bits per heavy atom. The average Bonchev–Trinajstić information content (AvgIpc) is 2.37. The van der Waals surface area contributed by atoms with Crippen molar-refractivity contribution in [2.45, 2.75) is 26.8 Å². The smallest absolute Gasteiger partial charge is 0.0492 e. The van der Waals surface area contributed by atoms with Crippen molar-refractivity contribution in [3.63, 3.8) is 0 Å². The molecule has 0 bridgehead atoms. The topological polar surface area (TPSA) is 17.8 Å². The van der Waals surface area contributed by atoms with Gasteiger partial charge in [0.05, 0.1) is 0 Å². The Hall–Kier alpha value is -0.310. The van der Waals surface area contributed by atoms with Gasteiger partial charge in [-0.05, 0) is 18.4 Å². The van der Waals surface area contributed by atoms with E-state index in [1.165, 1.54) is 5.69 Å². The summed E-state index contributed by atoms with van der Waals surface area (Å²) in [6.45, 7) is 5.44. The summed E-state index contributed by atoms with van der Waals surface area (Å²) in [5.74, 6) is 0.666. The van der Waals surface area contributed by atoms with Gasteiger partial charge in [0, 0.05) is 23.8 Å². The zero-order valence-electron chi connectivity index (χ0n) is 7.63. The summed E-state index contributed by atoms with van der Waals surface area (Å²) in [6.07, 6.45) is 2.94. The monoisotopic (exact) mass is 230 g/mol. The number of hydrogen-bond acceptors (Lipinski definition) is 1. The van der Waals surface area contributed by atoms with Crippen molar-refractivity contribution in [1.29, 1.82) is 0 Å². The van der Waals surface area contributed by atoms with E-state index in [0.717, 1.165) is 18.3 Å². The van der Waals surface area contributed by atoms with Gasteiger partial charge in [0.15, 0.2) is 0 Å². The Balaban J connectivity index is 2.63. The molecule has 0 saturated carbocycles. The molecular weight excluding hydrogens is 216 g/mol. The van der Waals surface area contributed by atoms with E-state index >= 15 is 0 Å². The van der Waals surface area contributed by atoms with Crippen LogP contribution in [0.2, 0.25) is 0 Å². The second kappa shape index (κ2) is 4.65. The third-order valence-corrected chi connectivity index (χ3v) is 2.09. The number of aromatic nitrogens is 2. The maximum absolute atomic E-state index is 4.27. The van der Waals surface area contributed by atoms with Crippen molar-refractivity contribution in [3.8, 4) is 0 Å². The first kappa shape index (κ1) is 9.78. The van der Waals surface area contributed by atoms with Crippen LogP contribution in [0.5, 0.6) is 0 Å². The number of nitrogens with zero attached hydrogens (tertiary/aromatic N) is 2. The Morgan fingerprint density at radius 2 is 2.33 bits per heavy atom. The van der Waals surface area contributed by atoms with Crippen LogP contribution in [0.4, 0.5) is 0 Å². The Bertz CT molecular complexity index is 230. The second-order valence-electron chi connectivity index (χ2n) is 3.34. The number of aryl methyl sites for hydroxylation is 1. The van der Waals surface area contributed by atoms with Gasteiger partial charge in [0.25, 0.3) is 0 Å². The molecule has 0 amide bonds. The van der Waals surface area contributed by atoms with Crippen LogP contribution >= 0.6 is 15.9 Å². The lowest BCUT2D eigenvalue weighted by molar-refractivity contribution is 0.470. The molecule has 2 nitrogen and oxygen atoms in total. The molecular formula is C9H15BrN2.